The molecule has 0 aliphatic carbocycles. The van der Waals surface area contributed by atoms with Crippen LogP contribution in [0.15, 0.2) is 0 Å². The van der Waals surface area contributed by atoms with E-state index in [1.54, 1.807) is 21.6 Å². The minimum absolute atomic E-state index is 0.348. The minimum Gasteiger partial charge on any atom is -0.329 e. The zero-order valence-corrected chi connectivity index (χ0v) is 9.22. The zero-order chi connectivity index (χ0) is 10.6. The quantitative estimate of drug-likeness (QED) is 0.749. The molecule has 1 aliphatic rings. The summed E-state index contributed by atoms with van der Waals surface area (Å²) in [6, 6.07) is -1.47. The maximum atomic E-state index is 12.5. The molecule has 0 aromatic carbocycles. The van der Waals surface area contributed by atoms with E-state index in [1.807, 2.05) is 0 Å². The lowest BCUT2D eigenvalue weighted by molar-refractivity contribution is -0.179. The molecule has 1 rings (SSSR count). The number of halogens is 3. The van der Waals surface area contributed by atoms with E-state index >= 15 is 0 Å². The molecule has 1 aliphatic heterocycles. The van der Waals surface area contributed by atoms with E-state index < -0.39 is 12.2 Å². The topological polar surface area (TPSA) is 29.3 Å². The summed E-state index contributed by atoms with van der Waals surface area (Å²) in [4.78, 5) is 1.44. The molecule has 0 saturated carbocycles. The van der Waals surface area contributed by atoms with E-state index in [0.29, 0.717) is 13.1 Å². The molecule has 1 saturated heterocycles. The van der Waals surface area contributed by atoms with Crippen LogP contribution in [0.1, 0.15) is 0 Å². The predicted octanol–water partition coefficient (Wildman–Crippen LogP) is 1.57. The lowest BCUT2D eigenvalue weighted by Crippen LogP contribution is -2.51. The summed E-state index contributed by atoms with van der Waals surface area (Å²) in [6.07, 6.45) is -4.20. The van der Waals surface area contributed by atoms with Crippen molar-refractivity contribution < 1.29 is 13.2 Å². The Hall–Kier alpha value is 0.410. The molecule has 2 N–H and O–H groups in total. The van der Waals surface area contributed by atoms with Crippen molar-refractivity contribution in [3.63, 3.8) is 0 Å². The molecule has 0 spiro atoms. The smallest absolute Gasteiger partial charge is 0.329 e. The van der Waals surface area contributed by atoms with E-state index in [9.17, 15) is 13.2 Å². The van der Waals surface area contributed by atoms with Crippen molar-refractivity contribution in [3.8, 4) is 0 Å². The fraction of sp³-hybridized carbons (Fsp3) is 1.00. The summed E-state index contributed by atoms with van der Waals surface area (Å²) in [5, 5.41) is 0. The number of hydrogen-bond donors (Lipinski definition) is 1. The monoisotopic (exact) mass is 246 g/mol. The fourth-order valence-electron chi connectivity index (χ4n) is 1.34. The van der Waals surface area contributed by atoms with Crippen LogP contribution in [-0.2, 0) is 0 Å². The normalized spacial score (nSPS) is 23.1. The van der Waals surface area contributed by atoms with E-state index in [0.717, 1.165) is 11.5 Å². The van der Waals surface area contributed by atoms with Gasteiger partial charge in [-0.3, -0.25) is 4.90 Å². The van der Waals surface area contributed by atoms with E-state index in [1.165, 1.54) is 4.90 Å². The van der Waals surface area contributed by atoms with Gasteiger partial charge in [0, 0.05) is 31.1 Å². The highest BCUT2D eigenvalue weighted by Gasteiger charge is 2.42. The standard InChI is InChI=1S/C7H13F3N2S2/c8-7(9,10)6(5-11)12-1-3-13-14-4-2-12/h6H,1-5,11H2. The molecule has 0 bridgehead atoms. The molecule has 7 heteroatoms. The van der Waals surface area contributed by atoms with Gasteiger partial charge in [0.1, 0.15) is 6.04 Å². The van der Waals surface area contributed by atoms with Gasteiger partial charge in [-0.1, -0.05) is 21.6 Å². The average Bonchev–Trinajstić information content (AvgIpc) is 2.31. The van der Waals surface area contributed by atoms with Crippen molar-refractivity contribution in [1.82, 2.24) is 4.90 Å². The first-order chi connectivity index (χ1) is 6.55. The van der Waals surface area contributed by atoms with E-state index in [4.69, 9.17) is 5.73 Å². The van der Waals surface area contributed by atoms with Crippen molar-refractivity contribution in [3.05, 3.63) is 0 Å². The predicted molar refractivity (Wildman–Crippen MR) is 55.4 cm³/mol. The maximum Gasteiger partial charge on any atom is 0.405 e. The Morgan fingerprint density at radius 2 is 1.71 bits per heavy atom. The van der Waals surface area contributed by atoms with Crippen LogP contribution in [0.3, 0.4) is 0 Å². The van der Waals surface area contributed by atoms with Gasteiger partial charge in [-0.05, 0) is 0 Å². The first kappa shape index (κ1) is 12.5. The Morgan fingerprint density at radius 1 is 1.21 bits per heavy atom. The molecule has 0 aromatic heterocycles. The van der Waals surface area contributed by atoms with Gasteiger partial charge < -0.3 is 5.73 Å². The Labute approximate surface area is 89.2 Å². The zero-order valence-electron chi connectivity index (χ0n) is 7.59. The SMILES string of the molecule is NCC(N1CCSSCC1)C(F)(F)F. The third-order valence-corrected chi connectivity index (χ3v) is 4.41. The molecule has 0 aromatic rings. The first-order valence-electron chi connectivity index (χ1n) is 4.31. The van der Waals surface area contributed by atoms with Crippen LogP contribution in [0.4, 0.5) is 13.2 Å². The number of alkyl halides is 3. The van der Waals surface area contributed by atoms with Gasteiger partial charge in [0.15, 0.2) is 0 Å². The van der Waals surface area contributed by atoms with Crippen LogP contribution in [-0.4, -0.2) is 48.3 Å². The van der Waals surface area contributed by atoms with Gasteiger partial charge >= 0.3 is 6.18 Å². The molecule has 0 amide bonds. The number of hydrogen-bond acceptors (Lipinski definition) is 4. The fourth-order valence-corrected chi connectivity index (χ4v) is 3.35. The van der Waals surface area contributed by atoms with Gasteiger partial charge in [0.05, 0.1) is 0 Å². The number of nitrogens with zero attached hydrogens (tertiary/aromatic N) is 1. The molecule has 1 heterocycles. The van der Waals surface area contributed by atoms with E-state index in [-0.39, 0.29) is 6.54 Å². The third kappa shape index (κ3) is 3.52. The molecule has 1 unspecified atom stereocenters. The molecule has 84 valence electrons. The summed E-state index contributed by atoms with van der Waals surface area (Å²) in [6.45, 7) is 0.594. The van der Waals surface area contributed by atoms with E-state index in [2.05, 4.69) is 0 Å². The third-order valence-electron chi connectivity index (χ3n) is 2.05. The highest BCUT2D eigenvalue weighted by Crippen LogP contribution is 2.29. The van der Waals surface area contributed by atoms with Gasteiger partial charge in [0.2, 0.25) is 0 Å². The van der Waals surface area contributed by atoms with Gasteiger partial charge in [-0.2, -0.15) is 13.2 Å². The average molecular weight is 246 g/mol. The molecule has 1 atom stereocenters. The lowest BCUT2D eigenvalue weighted by Gasteiger charge is -2.30. The van der Waals surface area contributed by atoms with Gasteiger partial charge in [0.25, 0.3) is 0 Å². The Morgan fingerprint density at radius 3 is 2.07 bits per heavy atom. The van der Waals surface area contributed by atoms with Crippen LogP contribution in [0.5, 0.6) is 0 Å². The first-order valence-corrected chi connectivity index (χ1v) is 6.79. The molecular formula is C7H13F3N2S2. The summed E-state index contributed by atoms with van der Waals surface area (Å²) in [5.41, 5.74) is 5.17. The molecule has 2 nitrogen and oxygen atoms in total. The Kier molecular flexibility index (Phi) is 4.89. The number of rotatable bonds is 2. The van der Waals surface area contributed by atoms with Crippen molar-refractivity contribution in [2.24, 2.45) is 5.73 Å². The summed E-state index contributed by atoms with van der Waals surface area (Å²) in [5.74, 6) is 1.47. The largest absolute Gasteiger partial charge is 0.405 e. The molecule has 14 heavy (non-hydrogen) atoms. The summed E-state index contributed by atoms with van der Waals surface area (Å²) < 4.78 is 37.5. The van der Waals surface area contributed by atoms with Crippen LogP contribution in [0.2, 0.25) is 0 Å². The van der Waals surface area contributed by atoms with Gasteiger partial charge in [-0.25, -0.2) is 0 Å². The maximum absolute atomic E-state index is 12.5. The van der Waals surface area contributed by atoms with Crippen LogP contribution in [0.25, 0.3) is 0 Å². The highest BCUT2D eigenvalue weighted by atomic mass is 33.1. The van der Waals surface area contributed by atoms with Crippen LogP contribution in [0, 0.1) is 0 Å². The second kappa shape index (κ2) is 5.48. The van der Waals surface area contributed by atoms with Crippen molar-refractivity contribution in [2.75, 3.05) is 31.1 Å². The van der Waals surface area contributed by atoms with Gasteiger partial charge in [-0.15, -0.1) is 0 Å². The Balaban J connectivity index is 2.58. The minimum atomic E-state index is -4.20. The Bertz CT molecular complexity index is 169. The molecule has 1 fully saturated rings. The molecular weight excluding hydrogens is 233 g/mol. The molecule has 0 radical (unpaired) electrons. The highest BCUT2D eigenvalue weighted by molar-refractivity contribution is 8.76. The second-order valence-corrected chi connectivity index (χ2v) is 5.68. The lowest BCUT2D eigenvalue weighted by atomic mass is 10.2. The van der Waals surface area contributed by atoms with Crippen LogP contribution >= 0.6 is 21.6 Å². The second-order valence-electron chi connectivity index (χ2n) is 2.97. The van der Waals surface area contributed by atoms with Crippen molar-refractivity contribution >= 4 is 21.6 Å². The van der Waals surface area contributed by atoms with Crippen molar-refractivity contribution in [2.45, 2.75) is 12.2 Å². The van der Waals surface area contributed by atoms with Crippen LogP contribution < -0.4 is 5.73 Å². The summed E-state index contributed by atoms with van der Waals surface area (Å²) >= 11 is 0. The van der Waals surface area contributed by atoms with Crippen molar-refractivity contribution in [1.29, 1.82) is 0 Å². The summed E-state index contributed by atoms with van der Waals surface area (Å²) in [7, 11) is 3.25. The number of nitrogens with two attached hydrogens (primary N) is 1.